The molecule has 1 aromatic heterocycles. The average molecular weight is 344 g/mol. The monoisotopic (exact) mass is 344 g/mol. The average Bonchev–Trinajstić information content (AvgIpc) is 3.26. The minimum absolute atomic E-state index is 0.00127. The van der Waals surface area contributed by atoms with Crippen molar-refractivity contribution in [1.29, 1.82) is 0 Å². The lowest BCUT2D eigenvalue weighted by Crippen LogP contribution is -2.75. The van der Waals surface area contributed by atoms with Crippen LogP contribution in [-0.2, 0) is 19.0 Å². The summed E-state index contributed by atoms with van der Waals surface area (Å²) in [6, 6.07) is 1.92. The number of furan rings is 1. The molecule has 0 bridgehead atoms. The van der Waals surface area contributed by atoms with Gasteiger partial charge in [0.1, 0.15) is 11.7 Å². The summed E-state index contributed by atoms with van der Waals surface area (Å²) in [6.45, 7) is 3.68. The second-order valence-electron chi connectivity index (χ2n) is 8.90. The molecule has 7 atom stereocenters. The molecule has 2 aliphatic carbocycles. The Labute approximate surface area is 147 Å². The Bertz CT molecular complexity index is 728. The molecule has 25 heavy (non-hydrogen) atoms. The van der Waals surface area contributed by atoms with Crippen molar-refractivity contribution < 1.29 is 23.4 Å². The first-order valence-electron chi connectivity index (χ1n) is 9.61. The highest BCUT2D eigenvalue weighted by atomic mass is 16.6. The lowest BCUT2D eigenvalue weighted by Gasteiger charge is -2.67. The number of cyclic esters (lactones) is 1. The van der Waals surface area contributed by atoms with E-state index in [1.54, 1.807) is 12.5 Å². The molecule has 2 spiro atoms. The number of esters is 1. The van der Waals surface area contributed by atoms with Gasteiger partial charge in [-0.3, -0.25) is 4.79 Å². The predicted octanol–water partition coefficient (Wildman–Crippen LogP) is 3.25. The Hall–Kier alpha value is -1.33. The van der Waals surface area contributed by atoms with Gasteiger partial charge in [0.2, 0.25) is 0 Å². The summed E-state index contributed by atoms with van der Waals surface area (Å²) in [5.41, 5.74) is 0.470. The minimum Gasteiger partial charge on any atom is -0.472 e. The molecular weight excluding hydrogens is 320 g/mol. The van der Waals surface area contributed by atoms with E-state index in [4.69, 9.17) is 18.6 Å². The molecule has 5 aliphatic rings. The van der Waals surface area contributed by atoms with Gasteiger partial charge in [0.15, 0.2) is 0 Å². The van der Waals surface area contributed by atoms with Crippen molar-refractivity contribution in [3.05, 3.63) is 24.2 Å². The van der Waals surface area contributed by atoms with Gasteiger partial charge >= 0.3 is 5.97 Å². The van der Waals surface area contributed by atoms with Crippen molar-refractivity contribution >= 4 is 5.97 Å². The fraction of sp³-hybridized carbons (Fsp3) is 0.750. The largest absolute Gasteiger partial charge is 0.472 e. The van der Waals surface area contributed by atoms with Crippen molar-refractivity contribution in [2.24, 2.45) is 22.7 Å². The van der Waals surface area contributed by atoms with Gasteiger partial charge in [0.05, 0.1) is 42.7 Å². The van der Waals surface area contributed by atoms with E-state index in [0.717, 1.165) is 44.3 Å². The van der Waals surface area contributed by atoms with E-state index in [1.807, 2.05) is 6.07 Å². The number of carbonyl (C=O) groups is 1. The molecule has 5 nitrogen and oxygen atoms in total. The van der Waals surface area contributed by atoms with E-state index in [0.29, 0.717) is 12.5 Å². The Morgan fingerprint density at radius 1 is 1.28 bits per heavy atom. The molecule has 5 heteroatoms. The van der Waals surface area contributed by atoms with E-state index in [2.05, 4.69) is 6.92 Å². The predicted molar refractivity (Wildman–Crippen MR) is 86.6 cm³/mol. The second-order valence-corrected chi connectivity index (χ2v) is 8.90. The van der Waals surface area contributed by atoms with Gasteiger partial charge in [-0.15, -0.1) is 0 Å². The van der Waals surface area contributed by atoms with Crippen molar-refractivity contribution in [2.75, 3.05) is 13.2 Å². The van der Waals surface area contributed by atoms with E-state index in [-0.39, 0.29) is 35.1 Å². The molecule has 0 aromatic carbocycles. The summed E-state index contributed by atoms with van der Waals surface area (Å²) in [5, 5.41) is 0. The molecule has 0 radical (unpaired) electrons. The van der Waals surface area contributed by atoms with Gasteiger partial charge in [-0.2, -0.15) is 0 Å². The number of hydrogen-bond donors (Lipinski definition) is 0. The van der Waals surface area contributed by atoms with Gasteiger partial charge in [-0.25, -0.2) is 0 Å². The zero-order valence-corrected chi connectivity index (χ0v) is 14.5. The first-order chi connectivity index (χ1) is 12.1. The molecule has 1 aromatic rings. The van der Waals surface area contributed by atoms with Crippen LogP contribution in [0.4, 0.5) is 0 Å². The van der Waals surface area contributed by atoms with Crippen molar-refractivity contribution in [3.8, 4) is 0 Å². The maximum Gasteiger partial charge on any atom is 0.313 e. The van der Waals surface area contributed by atoms with Crippen LogP contribution in [0.15, 0.2) is 23.0 Å². The highest BCUT2D eigenvalue weighted by molar-refractivity contribution is 5.81. The highest BCUT2D eigenvalue weighted by Gasteiger charge is 2.80. The highest BCUT2D eigenvalue weighted by Crippen LogP contribution is 2.74. The summed E-state index contributed by atoms with van der Waals surface area (Å²) in [4.78, 5) is 13.3. The number of fused-ring (bicyclic) bond motifs is 1. The molecule has 4 heterocycles. The van der Waals surface area contributed by atoms with Crippen LogP contribution >= 0.6 is 0 Å². The third kappa shape index (κ3) is 1.45. The lowest BCUT2D eigenvalue weighted by molar-refractivity contribution is -0.318. The smallest absolute Gasteiger partial charge is 0.313 e. The van der Waals surface area contributed by atoms with Crippen LogP contribution in [-0.4, -0.2) is 30.9 Å². The standard InChI is InChI=1S/C20H24O5/c1-12-7-16-20-11-24-18(20,10-23-16)5-2-3-15(20)19(12)8-14(25-17(19)21)13-4-6-22-9-13/h4,6,9,12,14-16H,2-3,5,7-8,10-11H2,1H3/t12-,14+,15-,16+,18+,19+,20+/m1/s1. The molecule has 134 valence electrons. The molecule has 0 N–H and O–H groups in total. The summed E-state index contributed by atoms with van der Waals surface area (Å²) in [5.74, 6) is 0.578. The lowest BCUT2D eigenvalue weighted by atomic mass is 9.41. The zero-order chi connectivity index (χ0) is 16.9. The number of ether oxygens (including phenoxy) is 3. The first kappa shape index (κ1) is 14.8. The van der Waals surface area contributed by atoms with Crippen LogP contribution in [0.5, 0.6) is 0 Å². The van der Waals surface area contributed by atoms with Crippen LogP contribution in [0, 0.1) is 22.7 Å². The third-order valence-electron chi connectivity index (χ3n) is 8.36. The molecular formula is C20H24O5. The molecule has 3 saturated heterocycles. The van der Waals surface area contributed by atoms with E-state index in [1.165, 1.54) is 0 Å². The van der Waals surface area contributed by atoms with E-state index >= 15 is 0 Å². The quantitative estimate of drug-likeness (QED) is 0.732. The van der Waals surface area contributed by atoms with Crippen LogP contribution in [0.2, 0.25) is 0 Å². The van der Waals surface area contributed by atoms with Crippen LogP contribution in [0.25, 0.3) is 0 Å². The minimum atomic E-state index is -0.401. The summed E-state index contributed by atoms with van der Waals surface area (Å²) < 4.78 is 23.6. The van der Waals surface area contributed by atoms with Gasteiger partial charge in [0.25, 0.3) is 0 Å². The zero-order valence-electron chi connectivity index (χ0n) is 14.5. The molecule has 5 fully saturated rings. The summed E-state index contributed by atoms with van der Waals surface area (Å²) >= 11 is 0. The SMILES string of the molecule is C[C@@H]1C[C@@H]2OC[C@@]34CCC[C@H]([C@]15C[C@@H](c1ccoc1)OC5=O)[C@@]23CO4. The third-order valence-corrected chi connectivity index (χ3v) is 8.36. The van der Waals surface area contributed by atoms with Crippen LogP contribution in [0.3, 0.4) is 0 Å². The molecule has 6 rings (SSSR count). The van der Waals surface area contributed by atoms with Crippen molar-refractivity contribution in [1.82, 2.24) is 0 Å². The van der Waals surface area contributed by atoms with Gasteiger partial charge in [-0.1, -0.05) is 13.3 Å². The fourth-order valence-electron chi connectivity index (χ4n) is 7.13. The first-order valence-corrected chi connectivity index (χ1v) is 9.61. The molecule has 0 unspecified atom stereocenters. The summed E-state index contributed by atoms with van der Waals surface area (Å²) in [7, 11) is 0. The van der Waals surface area contributed by atoms with Crippen molar-refractivity contribution in [3.63, 3.8) is 0 Å². The van der Waals surface area contributed by atoms with Gasteiger partial charge < -0.3 is 18.6 Å². The molecule has 3 aliphatic heterocycles. The Kier molecular flexibility index (Phi) is 2.66. The fourth-order valence-corrected chi connectivity index (χ4v) is 7.13. The normalized spacial score (nSPS) is 53.2. The maximum atomic E-state index is 13.3. The Morgan fingerprint density at radius 2 is 2.20 bits per heavy atom. The van der Waals surface area contributed by atoms with Gasteiger partial charge in [0, 0.05) is 12.0 Å². The van der Waals surface area contributed by atoms with E-state index < -0.39 is 5.41 Å². The maximum absolute atomic E-state index is 13.3. The molecule has 2 saturated carbocycles. The van der Waals surface area contributed by atoms with Crippen LogP contribution in [0.1, 0.15) is 50.7 Å². The number of carbonyl (C=O) groups excluding carboxylic acids is 1. The van der Waals surface area contributed by atoms with E-state index in [9.17, 15) is 4.79 Å². The number of hydrogen-bond acceptors (Lipinski definition) is 5. The van der Waals surface area contributed by atoms with Crippen LogP contribution < -0.4 is 0 Å². The van der Waals surface area contributed by atoms with Gasteiger partial charge in [-0.05, 0) is 37.2 Å². The Balaban J connectivity index is 1.46. The van der Waals surface area contributed by atoms with Crippen molar-refractivity contribution in [2.45, 2.75) is 56.8 Å². The second kappa shape index (κ2) is 4.49. The number of rotatable bonds is 1. The topological polar surface area (TPSA) is 57.9 Å². The molecule has 0 amide bonds. The summed E-state index contributed by atoms with van der Waals surface area (Å²) in [6.07, 6.45) is 8.41. The Morgan fingerprint density at radius 3 is 2.96 bits per heavy atom.